The molecule has 3 aromatic rings. The zero-order valence-electron chi connectivity index (χ0n) is 18.3. The zero-order valence-corrected chi connectivity index (χ0v) is 19.1. The van der Waals surface area contributed by atoms with Gasteiger partial charge in [-0.15, -0.1) is 0 Å². The average Bonchev–Trinajstić information content (AvgIpc) is 3.09. The number of ketones is 1. The summed E-state index contributed by atoms with van der Waals surface area (Å²) in [6.45, 7) is 1.81. The van der Waals surface area contributed by atoms with Crippen LogP contribution in [0.25, 0.3) is 5.76 Å². The van der Waals surface area contributed by atoms with E-state index in [1.165, 1.54) is 19.1 Å². The van der Waals surface area contributed by atoms with Gasteiger partial charge < -0.3 is 14.6 Å². The van der Waals surface area contributed by atoms with Crippen LogP contribution in [0.4, 0.5) is 5.69 Å². The molecule has 1 fully saturated rings. The second kappa shape index (κ2) is 9.00. The highest BCUT2D eigenvalue weighted by molar-refractivity contribution is 6.51. The number of methoxy groups -OCH3 is 2. The van der Waals surface area contributed by atoms with Crippen molar-refractivity contribution in [1.82, 2.24) is 0 Å². The Balaban J connectivity index is 2.02. The predicted octanol–water partition coefficient (Wildman–Crippen LogP) is 5.29. The summed E-state index contributed by atoms with van der Waals surface area (Å²) in [5.74, 6) is -1.13. The number of carbonyl (C=O) groups is 2. The molecule has 1 atom stereocenters. The fourth-order valence-corrected chi connectivity index (χ4v) is 4.42. The molecular weight excluding hydrogens is 442 g/mol. The van der Waals surface area contributed by atoms with Crippen LogP contribution in [0.3, 0.4) is 0 Å². The van der Waals surface area contributed by atoms with Gasteiger partial charge in [-0.05, 0) is 54.4 Å². The van der Waals surface area contributed by atoms with Crippen molar-refractivity contribution in [3.8, 4) is 11.5 Å². The molecule has 1 unspecified atom stereocenters. The number of aliphatic hydroxyl groups is 1. The fraction of sp³-hybridized carbons (Fsp3) is 0.154. The summed E-state index contributed by atoms with van der Waals surface area (Å²) in [5, 5.41) is 11.7. The van der Waals surface area contributed by atoms with Crippen molar-refractivity contribution in [2.24, 2.45) is 0 Å². The maximum Gasteiger partial charge on any atom is 0.300 e. The number of halogens is 1. The van der Waals surface area contributed by atoms with Crippen molar-refractivity contribution >= 4 is 34.7 Å². The molecule has 1 saturated heterocycles. The number of nitrogens with zero attached hydrogens (tertiary/aromatic N) is 1. The largest absolute Gasteiger partial charge is 0.507 e. The molecule has 1 aliphatic heterocycles. The summed E-state index contributed by atoms with van der Waals surface area (Å²) in [6, 6.07) is 18.4. The van der Waals surface area contributed by atoms with Crippen molar-refractivity contribution in [3.63, 3.8) is 0 Å². The van der Waals surface area contributed by atoms with E-state index in [0.29, 0.717) is 17.0 Å². The smallest absolute Gasteiger partial charge is 0.300 e. The average molecular weight is 464 g/mol. The lowest BCUT2D eigenvalue weighted by Crippen LogP contribution is -2.29. The van der Waals surface area contributed by atoms with Crippen LogP contribution in [0.2, 0.25) is 5.02 Å². The maximum absolute atomic E-state index is 13.3. The molecule has 0 radical (unpaired) electrons. The molecule has 4 rings (SSSR count). The van der Waals surface area contributed by atoms with E-state index in [1.54, 1.807) is 60.7 Å². The molecule has 0 aromatic heterocycles. The van der Waals surface area contributed by atoms with Crippen LogP contribution < -0.4 is 14.4 Å². The number of aryl methyl sites for hydroxylation is 1. The third-order valence-electron chi connectivity index (χ3n) is 5.54. The van der Waals surface area contributed by atoms with E-state index in [-0.39, 0.29) is 27.7 Å². The van der Waals surface area contributed by atoms with Gasteiger partial charge in [0.1, 0.15) is 17.3 Å². The van der Waals surface area contributed by atoms with Crippen molar-refractivity contribution < 1.29 is 24.2 Å². The Hall–Kier alpha value is -3.77. The van der Waals surface area contributed by atoms with Gasteiger partial charge in [0.25, 0.3) is 11.7 Å². The highest BCUT2D eigenvalue weighted by Gasteiger charge is 2.47. The van der Waals surface area contributed by atoms with Crippen molar-refractivity contribution in [2.75, 3.05) is 19.1 Å². The van der Waals surface area contributed by atoms with Gasteiger partial charge >= 0.3 is 0 Å². The van der Waals surface area contributed by atoms with Gasteiger partial charge in [-0.2, -0.15) is 0 Å². The van der Waals surface area contributed by atoms with Crippen LogP contribution >= 0.6 is 11.6 Å². The van der Waals surface area contributed by atoms with Crippen molar-refractivity contribution in [1.29, 1.82) is 0 Å². The number of carbonyl (C=O) groups excluding carboxylic acids is 2. The SMILES string of the molecule is COc1cccc(C2/C(=C(\O)c3cc(C)cc(Cl)c3OC)C(=O)C(=O)N2c2ccccc2)c1. The number of anilines is 1. The first-order valence-electron chi connectivity index (χ1n) is 10.2. The number of aliphatic hydroxyl groups excluding tert-OH is 1. The van der Waals surface area contributed by atoms with Crippen LogP contribution in [0.15, 0.2) is 72.3 Å². The van der Waals surface area contributed by atoms with Crippen LogP contribution in [0.5, 0.6) is 11.5 Å². The minimum atomic E-state index is -0.883. The van der Waals surface area contributed by atoms with E-state index in [1.807, 2.05) is 13.0 Å². The number of hydrogen-bond acceptors (Lipinski definition) is 5. The summed E-state index contributed by atoms with van der Waals surface area (Å²) in [7, 11) is 2.96. The van der Waals surface area contributed by atoms with Gasteiger partial charge in [-0.3, -0.25) is 14.5 Å². The Labute approximate surface area is 196 Å². The predicted molar refractivity (Wildman–Crippen MR) is 127 cm³/mol. The molecule has 1 aliphatic rings. The molecule has 1 amide bonds. The molecule has 33 heavy (non-hydrogen) atoms. The van der Waals surface area contributed by atoms with Crippen molar-refractivity contribution in [3.05, 3.63) is 94.0 Å². The first-order valence-corrected chi connectivity index (χ1v) is 10.6. The van der Waals surface area contributed by atoms with Crippen LogP contribution in [0, 0.1) is 6.92 Å². The van der Waals surface area contributed by atoms with E-state index in [4.69, 9.17) is 21.1 Å². The highest BCUT2D eigenvalue weighted by atomic mass is 35.5. The van der Waals surface area contributed by atoms with Gasteiger partial charge in [0.15, 0.2) is 0 Å². The molecule has 0 aliphatic carbocycles. The molecule has 0 spiro atoms. The van der Waals surface area contributed by atoms with Gasteiger partial charge in [0.2, 0.25) is 0 Å². The molecule has 0 bridgehead atoms. The van der Waals surface area contributed by atoms with E-state index >= 15 is 0 Å². The van der Waals surface area contributed by atoms with Crippen LogP contribution in [-0.2, 0) is 9.59 Å². The lowest BCUT2D eigenvalue weighted by atomic mass is 9.94. The molecule has 7 heteroatoms. The van der Waals surface area contributed by atoms with E-state index in [0.717, 1.165) is 5.56 Å². The number of Topliss-reactive ketones (excluding diaryl/α,β-unsaturated/α-hetero) is 1. The second-order valence-electron chi connectivity index (χ2n) is 7.61. The molecule has 6 nitrogen and oxygen atoms in total. The summed E-state index contributed by atoms with van der Waals surface area (Å²) in [6.07, 6.45) is 0. The van der Waals surface area contributed by atoms with Gasteiger partial charge in [-0.25, -0.2) is 0 Å². The Morgan fingerprint density at radius 3 is 2.36 bits per heavy atom. The van der Waals surface area contributed by atoms with Gasteiger partial charge in [0, 0.05) is 5.69 Å². The first kappa shape index (κ1) is 22.4. The molecule has 3 aromatic carbocycles. The summed E-state index contributed by atoms with van der Waals surface area (Å²) < 4.78 is 10.8. The number of para-hydroxylation sites is 1. The third-order valence-corrected chi connectivity index (χ3v) is 5.82. The maximum atomic E-state index is 13.3. The number of rotatable bonds is 5. The number of benzene rings is 3. The lowest BCUT2D eigenvalue weighted by Gasteiger charge is -2.26. The molecule has 1 heterocycles. The zero-order chi connectivity index (χ0) is 23.7. The van der Waals surface area contributed by atoms with E-state index < -0.39 is 17.7 Å². The topological polar surface area (TPSA) is 76.1 Å². The van der Waals surface area contributed by atoms with E-state index in [2.05, 4.69) is 0 Å². The standard InChI is InChI=1S/C26H22ClNO5/c1-15-12-19(25(33-3)20(27)13-15)23(29)21-22(16-8-7-11-18(14-16)32-2)28(26(31)24(21)30)17-9-5-4-6-10-17/h4-14,22,29H,1-3H3/b23-21+. The molecule has 168 valence electrons. The number of amides is 1. The normalized spacial score (nSPS) is 17.3. The highest BCUT2D eigenvalue weighted by Crippen LogP contribution is 2.44. The first-order chi connectivity index (χ1) is 15.9. The summed E-state index contributed by atoms with van der Waals surface area (Å²) in [5.41, 5.74) is 2.08. The Kier molecular flexibility index (Phi) is 6.11. The second-order valence-corrected chi connectivity index (χ2v) is 8.02. The number of hydrogen-bond donors (Lipinski definition) is 1. The molecular formula is C26H22ClNO5. The Bertz CT molecular complexity index is 1270. The molecule has 0 saturated carbocycles. The quantitative estimate of drug-likeness (QED) is 0.316. The van der Waals surface area contributed by atoms with Crippen molar-refractivity contribution in [2.45, 2.75) is 13.0 Å². The minimum absolute atomic E-state index is 0.0583. The fourth-order valence-electron chi connectivity index (χ4n) is 4.07. The third kappa shape index (κ3) is 3.94. The Morgan fingerprint density at radius 1 is 0.970 bits per heavy atom. The minimum Gasteiger partial charge on any atom is -0.507 e. The van der Waals surface area contributed by atoms with E-state index in [9.17, 15) is 14.7 Å². The van der Waals surface area contributed by atoms with Crippen LogP contribution in [0.1, 0.15) is 22.7 Å². The number of ether oxygens (including phenoxy) is 2. The van der Waals surface area contributed by atoms with Gasteiger partial charge in [-0.1, -0.05) is 41.9 Å². The molecule has 1 N–H and O–H groups in total. The van der Waals surface area contributed by atoms with Crippen LogP contribution in [-0.4, -0.2) is 31.0 Å². The monoisotopic (exact) mass is 463 g/mol. The Morgan fingerprint density at radius 2 is 1.70 bits per heavy atom. The summed E-state index contributed by atoms with van der Waals surface area (Å²) in [4.78, 5) is 27.9. The summed E-state index contributed by atoms with van der Waals surface area (Å²) >= 11 is 6.33. The van der Waals surface area contributed by atoms with Gasteiger partial charge in [0.05, 0.1) is 36.4 Å². The lowest BCUT2D eigenvalue weighted by molar-refractivity contribution is -0.132.